The van der Waals surface area contributed by atoms with E-state index < -0.39 is 0 Å². The molecule has 0 aliphatic carbocycles. The topological polar surface area (TPSA) is 21.4 Å². The minimum atomic E-state index is 0.495. The largest absolute Gasteiger partial charge is 0.345 e. The molecule has 0 amide bonds. The molecule has 0 saturated carbocycles. The first-order chi connectivity index (χ1) is 18.0. The van der Waals surface area contributed by atoms with Crippen LogP contribution in [0.2, 0.25) is 5.02 Å². The molecule has 3 heterocycles. The van der Waals surface area contributed by atoms with Crippen molar-refractivity contribution in [2.75, 3.05) is 5.32 Å². The van der Waals surface area contributed by atoms with Crippen LogP contribution in [0, 0.1) is 0 Å². The molecule has 0 atom stereocenters. The van der Waals surface area contributed by atoms with Crippen LogP contribution >= 0.6 is 23.8 Å². The van der Waals surface area contributed by atoms with Gasteiger partial charge in [-0.1, -0.05) is 92.3 Å². The lowest BCUT2D eigenvalue weighted by molar-refractivity contribution is 0.647. The van der Waals surface area contributed by atoms with Gasteiger partial charge in [0.2, 0.25) is 0 Å². The van der Waals surface area contributed by atoms with Gasteiger partial charge < -0.3 is 9.88 Å². The molecule has 3 aromatic carbocycles. The third-order valence-electron chi connectivity index (χ3n) is 7.39. The number of hydrogen-bond donors (Lipinski definition) is 1. The molecule has 0 spiro atoms. The molecule has 3 nitrogen and oxygen atoms in total. The molecule has 0 radical (unpaired) electrons. The second-order valence-electron chi connectivity index (χ2n) is 10.1. The van der Waals surface area contributed by atoms with Gasteiger partial charge in [0.1, 0.15) is 10.6 Å². The van der Waals surface area contributed by atoms with Crippen molar-refractivity contribution in [3.05, 3.63) is 107 Å². The average molecular weight is 524 g/mol. The second kappa shape index (κ2) is 9.85. The van der Waals surface area contributed by atoms with E-state index in [4.69, 9.17) is 23.8 Å². The number of halogens is 1. The van der Waals surface area contributed by atoms with Crippen LogP contribution in [-0.2, 0) is 13.0 Å². The third kappa shape index (κ3) is 4.39. The van der Waals surface area contributed by atoms with Crippen LogP contribution in [0.4, 0.5) is 5.69 Å². The number of anilines is 1. The number of nitrogens with one attached hydrogen (secondary N) is 1. The molecule has 186 valence electrons. The lowest BCUT2D eigenvalue weighted by Crippen LogP contribution is -2.14. The summed E-state index contributed by atoms with van der Waals surface area (Å²) in [4.78, 5) is 0.734. The Labute approximate surface area is 228 Å². The summed E-state index contributed by atoms with van der Waals surface area (Å²) in [6, 6.07) is 27.5. The van der Waals surface area contributed by atoms with Crippen molar-refractivity contribution in [2.45, 2.75) is 45.6 Å². The Morgan fingerprint density at radius 1 is 0.892 bits per heavy atom. The van der Waals surface area contributed by atoms with Crippen LogP contribution in [-0.4, -0.2) is 14.0 Å². The number of nitrogens with zero attached hydrogens (tertiary/aromatic N) is 2. The van der Waals surface area contributed by atoms with Gasteiger partial charge >= 0.3 is 0 Å². The minimum Gasteiger partial charge on any atom is -0.345 e. The summed E-state index contributed by atoms with van der Waals surface area (Å²) < 4.78 is 4.80. The zero-order valence-corrected chi connectivity index (χ0v) is 22.7. The zero-order valence-electron chi connectivity index (χ0n) is 21.2. The average Bonchev–Trinajstić information content (AvgIpc) is 3.33. The van der Waals surface area contributed by atoms with Crippen LogP contribution in [0.15, 0.2) is 85.1 Å². The molecule has 5 heteroatoms. The maximum absolute atomic E-state index is 6.21. The maximum atomic E-state index is 6.21. The number of rotatable bonds is 5. The standard InChI is InChI=1S/C32H30ClN3S/c1-21(2)22-13-17-26(18-14-22)34-31(37)30-29(24-8-4-3-5-9-24)27-10-6-7-19-35-28(20-36(30)32(27)35)23-11-15-25(33)16-12-23/h3-5,8-9,11-18,20-21H,6-7,10,19H2,1-2H3,(H,34,37). The molecule has 0 saturated heterocycles. The van der Waals surface area contributed by atoms with Crippen molar-refractivity contribution < 1.29 is 0 Å². The highest BCUT2D eigenvalue weighted by molar-refractivity contribution is 7.81. The van der Waals surface area contributed by atoms with Crippen molar-refractivity contribution in [1.29, 1.82) is 0 Å². The van der Waals surface area contributed by atoms with Crippen molar-refractivity contribution in [3.63, 3.8) is 0 Å². The van der Waals surface area contributed by atoms with Crippen molar-refractivity contribution >= 4 is 40.1 Å². The number of thiocarbonyl (C=S) groups is 1. The summed E-state index contributed by atoms with van der Waals surface area (Å²) in [5.41, 5.74) is 10.8. The van der Waals surface area contributed by atoms with E-state index in [-0.39, 0.29) is 0 Å². The van der Waals surface area contributed by atoms with Gasteiger partial charge in [0.25, 0.3) is 0 Å². The second-order valence-corrected chi connectivity index (χ2v) is 11.0. The highest BCUT2D eigenvalue weighted by atomic mass is 35.5. The predicted octanol–water partition coefficient (Wildman–Crippen LogP) is 8.98. The number of imidazole rings is 1. The molecule has 5 aromatic rings. The summed E-state index contributed by atoms with van der Waals surface area (Å²) in [7, 11) is 0. The number of hydrogen-bond acceptors (Lipinski definition) is 1. The van der Waals surface area contributed by atoms with Gasteiger partial charge in [-0.3, -0.25) is 4.40 Å². The van der Waals surface area contributed by atoms with E-state index in [9.17, 15) is 0 Å². The Kier molecular flexibility index (Phi) is 6.39. The molecular weight excluding hydrogens is 494 g/mol. The summed E-state index contributed by atoms with van der Waals surface area (Å²) in [6.07, 6.45) is 5.58. The SMILES string of the molecule is CC(C)c1ccc(NC(=S)c2c(-c3ccccc3)c3c4n(c(-c5ccc(Cl)cc5)cn24)CCCC3)cc1. The Hall–Kier alpha value is -3.34. The molecule has 1 aliphatic heterocycles. The highest BCUT2D eigenvalue weighted by Gasteiger charge is 2.28. The Balaban J connectivity index is 1.55. The van der Waals surface area contributed by atoms with E-state index in [1.165, 1.54) is 33.6 Å². The van der Waals surface area contributed by atoms with Gasteiger partial charge in [-0.15, -0.1) is 0 Å². The minimum absolute atomic E-state index is 0.495. The van der Waals surface area contributed by atoms with Crippen LogP contribution in [0.3, 0.4) is 0 Å². The Morgan fingerprint density at radius 2 is 1.62 bits per heavy atom. The summed E-state index contributed by atoms with van der Waals surface area (Å²) in [5.74, 6) is 0.495. The van der Waals surface area contributed by atoms with Gasteiger partial charge in [-0.2, -0.15) is 0 Å². The highest BCUT2D eigenvalue weighted by Crippen LogP contribution is 2.40. The smallest absolute Gasteiger partial charge is 0.128 e. The van der Waals surface area contributed by atoms with Crippen LogP contribution in [0.5, 0.6) is 0 Å². The molecule has 1 aliphatic rings. The first-order valence-electron chi connectivity index (χ1n) is 13.0. The predicted molar refractivity (Wildman–Crippen MR) is 160 cm³/mol. The fourth-order valence-corrected chi connectivity index (χ4v) is 5.96. The molecule has 2 aromatic heterocycles. The van der Waals surface area contributed by atoms with E-state index in [2.05, 4.69) is 101 Å². The quantitative estimate of drug-likeness (QED) is 0.232. The number of aromatic nitrogens is 2. The van der Waals surface area contributed by atoms with E-state index >= 15 is 0 Å². The first-order valence-corrected chi connectivity index (χ1v) is 13.8. The van der Waals surface area contributed by atoms with E-state index in [0.29, 0.717) is 5.92 Å². The van der Waals surface area contributed by atoms with Gasteiger partial charge in [-0.25, -0.2) is 0 Å². The number of aryl methyl sites for hydroxylation is 2. The summed E-state index contributed by atoms with van der Waals surface area (Å²) in [5, 5.41) is 4.31. The monoisotopic (exact) mass is 523 g/mol. The van der Waals surface area contributed by atoms with Crippen molar-refractivity contribution in [1.82, 2.24) is 8.97 Å². The molecule has 0 fully saturated rings. The zero-order chi connectivity index (χ0) is 25.5. The van der Waals surface area contributed by atoms with E-state index in [0.717, 1.165) is 52.8 Å². The molecule has 0 unspecified atom stereocenters. The van der Waals surface area contributed by atoms with Gasteiger partial charge in [-0.05, 0) is 66.1 Å². The summed E-state index contributed by atoms with van der Waals surface area (Å²) in [6.45, 7) is 5.41. The first kappa shape index (κ1) is 24.0. The van der Waals surface area contributed by atoms with Crippen molar-refractivity contribution in [2.24, 2.45) is 0 Å². The molecule has 6 rings (SSSR count). The van der Waals surface area contributed by atoms with Gasteiger partial charge in [0.15, 0.2) is 0 Å². The molecule has 1 N–H and O–H groups in total. The normalized spacial score (nSPS) is 13.2. The van der Waals surface area contributed by atoms with E-state index in [1.807, 2.05) is 12.1 Å². The van der Waals surface area contributed by atoms with Crippen LogP contribution in [0.25, 0.3) is 28.0 Å². The Morgan fingerprint density at radius 3 is 2.32 bits per heavy atom. The molecule has 0 bridgehead atoms. The van der Waals surface area contributed by atoms with Crippen LogP contribution in [0.1, 0.15) is 49.4 Å². The fraction of sp³-hybridized carbons (Fsp3) is 0.219. The van der Waals surface area contributed by atoms with Crippen molar-refractivity contribution in [3.8, 4) is 22.4 Å². The van der Waals surface area contributed by atoms with Crippen LogP contribution < -0.4 is 5.32 Å². The molecule has 37 heavy (non-hydrogen) atoms. The number of benzene rings is 3. The lowest BCUT2D eigenvalue weighted by Gasteiger charge is -2.13. The third-order valence-corrected chi connectivity index (χ3v) is 7.93. The Bertz CT molecular complexity index is 1580. The van der Waals surface area contributed by atoms with Gasteiger partial charge in [0.05, 0.1) is 11.4 Å². The molecular formula is C32H30ClN3S. The summed E-state index contributed by atoms with van der Waals surface area (Å²) >= 11 is 12.4. The van der Waals surface area contributed by atoms with E-state index in [1.54, 1.807) is 0 Å². The fourth-order valence-electron chi connectivity index (χ4n) is 5.52. The lowest BCUT2D eigenvalue weighted by atomic mass is 9.98. The van der Waals surface area contributed by atoms with Gasteiger partial charge in [0, 0.05) is 34.6 Å². The maximum Gasteiger partial charge on any atom is 0.128 e.